The Morgan fingerprint density at radius 1 is 0.960 bits per heavy atom. The second kappa shape index (κ2) is 6.98. The van der Waals surface area contributed by atoms with Gasteiger partial charge in [-0.3, -0.25) is 4.79 Å². The Bertz CT molecular complexity index is 910. The number of rotatable bonds is 4. The van der Waals surface area contributed by atoms with E-state index in [1.54, 1.807) is 7.11 Å². The first-order valence-electron chi connectivity index (χ1n) is 8.44. The van der Waals surface area contributed by atoms with Gasteiger partial charge in [-0.15, -0.1) is 0 Å². The van der Waals surface area contributed by atoms with Gasteiger partial charge in [0, 0.05) is 5.69 Å². The van der Waals surface area contributed by atoms with Crippen LogP contribution in [0.5, 0.6) is 5.75 Å². The fourth-order valence-corrected chi connectivity index (χ4v) is 3.03. The minimum Gasteiger partial charge on any atom is -0.497 e. The Morgan fingerprint density at radius 2 is 1.60 bits per heavy atom. The van der Waals surface area contributed by atoms with Gasteiger partial charge in [-0.25, -0.2) is 0 Å². The second-order valence-electron chi connectivity index (χ2n) is 6.45. The van der Waals surface area contributed by atoms with Gasteiger partial charge in [-0.2, -0.15) is 0 Å². The number of carbonyl (C=O) groups excluding carboxylic acids is 1. The fraction of sp³-hybridized carbons (Fsp3) is 0.227. The van der Waals surface area contributed by atoms with Crippen LogP contribution in [-0.2, 0) is 4.79 Å². The molecule has 1 amide bonds. The summed E-state index contributed by atoms with van der Waals surface area (Å²) in [4.78, 5) is 12.7. The molecule has 0 bridgehead atoms. The third kappa shape index (κ3) is 3.50. The van der Waals surface area contributed by atoms with Gasteiger partial charge in [0.1, 0.15) is 5.75 Å². The minimum atomic E-state index is -0.231. The molecule has 1 atom stereocenters. The lowest BCUT2D eigenvalue weighted by atomic mass is 9.96. The smallest absolute Gasteiger partial charge is 0.231 e. The molecule has 0 saturated heterocycles. The average molecular weight is 333 g/mol. The number of amides is 1. The van der Waals surface area contributed by atoms with Crippen LogP contribution in [0.3, 0.4) is 0 Å². The molecule has 1 N–H and O–H groups in total. The molecule has 0 aromatic heterocycles. The van der Waals surface area contributed by atoms with Crippen LogP contribution in [0.25, 0.3) is 10.8 Å². The van der Waals surface area contributed by atoms with Gasteiger partial charge in [0.15, 0.2) is 0 Å². The number of carbonyl (C=O) groups is 1. The number of fused-ring (bicyclic) bond motifs is 1. The van der Waals surface area contributed by atoms with E-state index in [2.05, 4.69) is 11.4 Å². The highest BCUT2D eigenvalue weighted by molar-refractivity contribution is 5.97. The van der Waals surface area contributed by atoms with Crippen molar-refractivity contribution in [1.82, 2.24) is 0 Å². The topological polar surface area (TPSA) is 38.3 Å². The third-order valence-electron chi connectivity index (χ3n) is 4.69. The van der Waals surface area contributed by atoms with E-state index in [4.69, 9.17) is 4.74 Å². The summed E-state index contributed by atoms with van der Waals surface area (Å²) in [5, 5.41) is 5.29. The average Bonchev–Trinajstić information content (AvgIpc) is 2.63. The largest absolute Gasteiger partial charge is 0.497 e. The van der Waals surface area contributed by atoms with E-state index in [1.807, 2.05) is 69.3 Å². The Labute approximate surface area is 148 Å². The monoisotopic (exact) mass is 333 g/mol. The lowest BCUT2D eigenvalue weighted by Crippen LogP contribution is -2.20. The molecule has 128 valence electrons. The Hall–Kier alpha value is -2.81. The van der Waals surface area contributed by atoms with E-state index in [9.17, 15) is 4.79 Å². The zero-order valence-electron chi connectivity index (χ0n) is 15.1. The quantitative estimate of drug-likeness (QED) is 0.712. The van der Waals surface area contributed by atoms with E-state index < -0.39 is 0 Å². The van der Waals surface area contributed by atoms with Crippen LogP contribution in [0.15, 0.2) is 54.6 Å². The standard InChI is InChI=1S/C22H23NO2/c1-14-6-5-7-15(2)21(14)23-22(24)16(3)17-8-9-19-13-20(25-4)11-10-18(19)12-17/h5-13,16H,1-4H3,(H,23,24). The molecule has 3 aromatic rings. The number of methoxy groups -OCH3 is 1. The van der Waals surface area contributed by atoms with Crippen LogP contribution in [0.2, 0.25) is 0 Å². The van der Waals surface area contributed by atoms with Gasteiger partial charge in [-0.05, 0) is 60.4 Å². The van der Waals surface area contributed by atoms with Crippen LogP contribution in [-0.4, -0.2) is 13.0 Å². The summed E-state index contributed by atoms with van der Waals surface area (Å²) in [6.07, 6.45) is 0. The number of aryl methyl sites for hydroxylation is 2. The van der Waals surface area contributed by atoms with E-state index in [0.29, 0.717) is 0 Å². The van der Waals surface area contributed by atoms with Crippen molar-refractivity contribution in [3.8, 4) is 5.75 Å². The number of hydrogen-bond acceptors (Lipinski definition) is 2. The maximum atomic E-state index is 12.7. The lowest BCUT2D eigenvalue weighted by Gasteiger charge is -2.16. The van der Waals surface area contributed by atoms with Gasteiger partial charge in [-0.1, -0.05) is 42.5 Å². The van der Waals surface area contributed by atoms with Crippen molar-refractivity contribution >= 4 is 22.4 Å². The highest BCUT2D eigenvalue weighted by atomic mass is 16.5. The molecular weight excluding hydrogens is 310 g/mol. The molecule has 0 radical (unpaired) electrons. The molecule has 0 aliphatic heterocycles. The molecule has 0 heterocycles. The van der Waals surface area contributed by atoms with Gasteiger partial charge >= 0.3 is 0 Å². The summed E-state index contributed by atoms with van der Waals surface area (Å²) in [6.45, 7) is 5.96. The molecule has 3 rings (SSSR count). The minimum absolute atomic E-state index is 0.00487. The summed E-state index contributed by atoms with van der Waals surface area (Å²) in [5.41, 5.74) is 4.06. The highest BCUT2D eigenvalue weighted by Crippen LogP contribution is 2.27. The third-order valence-corrected chi connectivity index (χ3v) is 4.69. The predicted octanol–water partition coefficient (Wildman–Crippen LogP) is 5.21. The molecule has 25 heavy (non-hydrogen) atoms. The van der Waals surface area contributed by atoms with Crippen molar-refractivity contribution < 1.29 is 9.53 Å². The Morgan fingerprint density at radius 3 is 2.28 bits per heavy atom. The van der Waals surface area contributed by atoms with Crippen molar-refractivity contribution in [2.24, 2.45) is 0 Å². The molecule has 3 heteroatoms. The summed E-state index contributed by atoms with van der Waals surface area (Å²) < 4.78 is 5.26. The molecular formula is C22H23NO2. The number of hydrogen-bond donors (Lipinski definition) is 1. The van der Waals surface area contributed by atoms with Crippen LogP contribution in [0, 0.1) is 13.8 Å². The van der Waals surface area contributed by atoms with Gasteiger partial charge in [0.25, 0.3) is 0 Å². The first kappa shape index (κ1) is 17.0. The maximum Gasteiger partial charge on any atom is 0.231 e. The van der Waals surface area contributed by atoms with Gasteiger partial charge in [0.2, 0.25) is 5.91 Å². The molecule has 1 unspecified atom stereocenters. The van der Waals surface area contributed by atoms with E-state index in [1.165, 1.54) is 0 Å². The molecule has 0 fully saturated rings. The first-order chi connectivity index (χ1) is 12.0. The normalized spacial score (nSPS) is 12.0. The number of anilines is 1. The first-order valence-corrected chi connectivity index (χ1v) is 8.44. The van der Waals surface area contributed by atoms with Crippen molar-refractivity contribution in [2.45, 2.75) is 26.7 Å². The summed E-state index contributed by atoms with van der Waals surface area (Å²) in [5.74, 6) is 0.608. The molecule has 0 aliphatic carbocycles. The molecule has 3 aromatic carbocycles. The van der Waals surface area contributed by atoms with Crippen molar-refractivity contribution in [3.05, 3.63) is 71.3 Å². The Kier molecular flexibility index (Phi) is 4.75. The number of nitrogens with one attached hydrogen (secondary N) is 1. The lowest BCUT2D eigenvalue weighted by molar-refractivity contribution is -0.117. The van der Waals surface area contributed by atoms with E-state index in [-0.39, 0.29) is 11.8 Å². The molecule has 3 nitrogen and oxygen atoms in total. The maximum absolute atomic E-state index is 12.7. The Balaban J connectivity index is 1.85. The summed E-state index contributed by atoms with van der Waals surface area (Å²) >= 11 is 0. The molecule has 0 saturated carbocycles. The van der Waals surface area contributed by atoms with Gasteiger partial charge < -0.3 is 10.1 Å². The number of para-hydroxylation sites is 1. The fourth-order valence-electron chi connectivity index (χ4n) is 3.03. The van der Waals surface area contributed by atoms with Crippen LogP contribution in [0.1, 0.15) is 29.5 Å². The highest BCUT2D eigenvalue weighted by Gasteiger charge is 2.17. The predicted molar refractivity (Wildman–Crippen MR) is 103 cm³/mol. The summed E-state index contributed by atoms with van der Waals surface area (Å²) in [7, 11) is 1.66. The molecule has 0 spiro atoms. The van der Waals surface area contributed by atoms with Crippen LogP contribution < -0.4 is 10.1 Å². The zero-order chi connectivity index (χ0) is 18.0. The zero-order valence-corrected chi connectivity index (χ0v) is 15.1. The van der Waals surface area contributed by atoms with E-state index >= 15 is 0 Å². The number of benzene rings is 3. The number of ether oxygens (including phenoxy) is 1. The second-order valence-corrected chi connectivity index (χ2v) is 6.45. The molecule has 0 aliphatic rings. The van der Waals surface area contributed by atoms with Crippen molar-refractivity contribution in [3.63, 3.8) is 0 Å². The summed E-state index contributed by atoms with van der Waals surface area (Å²) in [6, 6.07) is 18.1. The van der Waals surface area contributed by atoms with Crippen LogP contribution >= 0.6 is 0 Å². The van der Waals surface area contributed by atoms with Crippen LogP contribution in [0.4, 0.5) is 5.69 Å². The van der Waals surface area contributed by atoms with Gasteiger partial charge in [0.05, 0.1) is 13.0 Å². The SMILES string of the molecule is COc1ccc2cc(C(C)C(=O)Nc3c(C)cccc3C)ccc2c1. The van der Waals surface area contributed by atoms with Crippen molar-refractivity contribution in [2.75, 3.05) is 12.4 Å². The van der Waals surface area contributed by atoms with E-state index in [0.717, 1.165) is 38.9 Å². The van der Waals surface area contributed by atoms with Crippen molar-refractivity contribution in [1.29, 1.82) is 0 Å².